The maximum Gasteiger partial charge on any atom is 0.272 e. The Hall–Kier alpha value is -1.95. The monoisotopic (exact) mass is 263 g/mol. The van der Waals surface area contributed by atoms with E-state index < -0.39 is 4.92 Å². The molecule has 6 nitrogen and oxygen atoms in total. The molecule has 0 unspecified atom stereocenters. The zero-order valence-electron chi connectivity index (χ0n) is 10.8. The average molecular weight is 263 g/mol. The van der Waals surface area contributed by atoms with Gasteiger partial charge in [0, 0.05) is 18.2 Å². The van der Waals surface area contributed by atoms with E-state index in [0.29, 0.717) is 12.1 Å². The quantitative estimate of drug-likeness (QED) is 0.633. The molecule has 1 atom stereocenters. The van der Waals surface area contributed by atoms with Gasteiger partial charge in [0.25, 0.3) is 5.69 Å². The smallest absolute Gasteiger partial charge is 0.272 e. The van der Waals surface area contributed by atoms with Gasteiger partial charge in [0.05, 0.1) is 11.0 Å². The SMILES string of the molecule is Cc1c(CNC(=O)[C@H]2CCCN2)cccc1[N+](=O)[O-]. The van der Waals surface area contributed by atoms with Crippen LogP contribution in [0.1, 0.15) is 24.0 Å². The van der Waals surface area contributed by atoms with Crippen molar-refractivity contribution < 1.29 is 9.72 Å². The van der Waals surface area contributed by atoms with Gasteiger partial charge in [-0.25, -0.2) is 0 Å². The summed E-state index contributed by atoms with van der Waals surface area (Å²) in [6.07, 6.45) is 1.85. The number of benzene rings is 1. The van der Waals surface area contributed by atoms with Gasteiger partial charge in [0.1, 0.15) is 0 Å². The molecule has 1 fully saturated rings. The van der Waals surface area contributed by atoms with Gasteiger partial charge in [-0.15, -0.1) is 0 Å². The number of nitro benzene ring substituents is 1. The van der Waals surface area contributed by atoms with Gasteiger partial charge < -0.3 is 10.6 Å². The molecular formula is C13H17N3O3. The van der Waals surface area contributed by atoms with Crippen LogP contribution < -0.4 is 10.6 Å². The normalized spacial score (nSPS) is 18.3. The van der Waals surface area contributed by atoms with Gasteiger partial charge in [-0.05, 0) is 31.9 Å². The minimum Gasteiger partial charge on any atom is -0.351 e. The van der Waals surface area contributed by atoms with Gasteiger partial charge in [-0.1, -0.05) is 12.1 Å². The second-order valence-electron chi connectivity index (χ2n) is 4.69. The molecule has 1 aromatic rings. The first-order chi connectivity index (χ1) is 9.09. The number of carbonyl (C=O) groups is 1. The Morgan fingerprint density at radius 2 is 2.37 bits per heavy atom. The molecule has 0 aromatic heterocycles. The van der Waals surface area contributed by atoms with Crippen molar-refractivity contribution in [3.8, 4) is 0 Å². The molecule has 6 heteroatoms. The van der Waals surface area contributed by atoms with Crippen molar-refractivity contribution >= 4 is 11.6 Å². The second-order valence-corrected chi connectivity index (χ2v) is 4.69. The van der Waals surface area contributed by atoms with Crippen molar-refractivity contribution in [3.05, 3.63) is 39.4 Å². The van der Waals surface area contributed by atoms with E-state index in [4.69, 9.17) is 0 Å². The second kappa shape index (κ2) is 5.79. The van der Waals surface area contributed by atoms with Crippen molar-refractivity contribution in [2.24, 2.45) is 0 Å². The van der Waals surface area contributed by atoms with E-state index in [1.165, 1.54) is 6.07 Å². The van der Waals surface area contributed by atoms with E-state index >= 15 is 0 Å². The molecule has 1 heterocycles. The highest BCUT2D eigenvalue weighted by Crippen LogP contribution is 2.20. The maximum atomic E-state index is 11.8. The van der Waals surface area contributed by atoms with Crippen LogP contribution in [-0.4, -0.2) is 23.4 Å². The molecular weight excluding hydrogens is 246 g/mol. The highest BCUT2D eigenvalue weighted by atomic mass is 16.6. The van der Waals surface area contributed by atoms with E-state index in [2.05, 4.69) is 10.6 Å². The summed E-state index contributed by atoms with van der Waals surface area (Å²) in [6.45, 7) is 2.89. The molecule has 19 heavy (non-hydrogen) atoms. The Balaban J connectivity index is 2.01. The predicted octanol–water partition coefficient (Wildman–Crippen LogP) is 1.27. The predicted molar refractivity (Wildman–Crippen MR) is 70.7 cm³/mol. The van der Waals surface area contributed by atoms with E-state index in [1.54, 1.807) is 19.1 Å². The lowest BCUT2D eigenvalue weighted by atomic mass is 10.1. The number of amides is 1. The molecule has 2 rings (SSSR count). The van der Waals surface area contributed by atoms with Crippen molar-refractivity contribution in [3.63, 3.8) is 0 Å². The molecule has 1 aromatic carbocycles. The molecule has 0 spiro atoms. The van der Waals surface area contributed by atoms with Gasteiger partial charge >= 0.3 is 0 Å². The summed E-state index contributed by atoms with van der Waals surface area (Å²) in [5.41, 5.74) is 1.47. The summed E-state index contributed by atoms with van der Waals surface area (Å²) in [5.74, 6) is -0.0385. The number of nitrogens with zero attached hydrogens (tertiary/aromatic N) is 1. The molecule has 0 saturated carbocycles. The van der Waals surface area contributed by atoms with Crippen LogP contribution in [0, 0.1) is 17.0 Å². The third kappa shape index (κ3) is 3.08. The first-order valence-corrected chi connectivity index (χ1v) is 6.33. The summed E-state index contributed by atoms with van der Waals surface area (Å²) in [7, 11) is 0. The fourth-order valence-electron chi connectivity index (χ4n) is 2.27. The molecule has 102 valence electrons. The lowest BCUT2D eigenvalue weighted by Gasteiger charge is -2.12. The molecule has 0 bridgehead atoms. The highest BCUT2D eigenvalue weighted by molar-refractivity contribution is 5.82. The summed E-state index contributed by atoms with van der Waals surface area (Å²) in [5, 5.41) is 16.8. The molecule has 1 amide bonds. The number of nitro groups is 1. The van der Waals surface area contributed by atoms with E-state index in [1.807, 2.05) is 0 Å². The first-order valence-electron chi connectivity index (χ1n) is 6.33. The van der Waals surface area contributed by atoms with Crippen molar-refractivity contribution in [2.45, 2.75) is 32.4 Å². The Morgan fingerprint density at radius 3 is 3.00 bits per heavy atom. The zero-order valence-corrected chi connectivity index (χ0v) is 10.8. The minimum atomic E-state index is -0.404. The third-order valence-electron chi connectivity index (χ3n) is 3.44. The first kappa shape index (κ1) is 13.5. The van der Waals surface area contributed by atoms with Crippen LogP contribution in [-0.2, 0) is 11.3 Å². The molecule has 2 N–H and O–H groups in total. The summed E-state index contributed by atoms with van der Waals surface area (Å²) < 4.78 is 0. The van der Waals surface area contributed by atoms with Gasteiger partial charge in [0.2, 0.25) is 5.91 Å². The van der Waals surface area contributed by atoms with Gasteiger partial charge in [0.15, 0.2) is 0 Å². The molecule has 1 aliphatic rings. The largest absolute Gasteiger partial charge is 0.351 e. The van der Waals surface area contributed by atoms with E-state index in [0.717, 1.165) is 24.9 Å². The topological polar surface area (TPSA) is 84.3 Å². The average Bonchev–Trinajstić information content (AvgIpc) is 2.90. The van der Waals surface area contributed by atoms with Crippen LogP contribution in [0.3, 0.4) is 0 Å². The third-order valence-corrected chi connectivity index (χ3v) is 3.44. The standard InChI is InChI=1S/C13H17N3O3/c1-9-10(4-2-6-12(9)16(18)19)8-15-13(17)11-5-3-7-14-11/h2,4,6,11,14H,3,5,7-8H2,1H3,(H,15,17)/t11-/m1/s1. The molecule has 0 radical (unpaired) electrons. The maximum absolute atomic E-state index is 11.8. The number of carbonyl (C=O) groups excluding carboxylic acids is 1. The van der Waals surface area contributed by atoms with E-state index in [-0.39, 0.29) is 17.6 Å². The number of rotatable bonds is 4. The fraction of sp³-hybridized carbons (Fsp3) is 0.462. The van der Waals surface area contributed by atoms with Crippen LogP contribution >= 0.6 is 0 Å². The van der Waals surface area contributed by atoms with E-state index in [9.17, 15) is 14.9 Å². The Bertz CT molecular complexity index is 496. The summed E-state index contributed by atoms with van der Waals surface area (Å²) in [6, 6.07) is 4.78. The zero-order chi connectivity index (χ0) is 13.8. The van der Waals surface area contributed by atoms with Crippen LogP contribution in [0.4, 0.5) is 5.69 Å². The number of hydrogen-bond donors (Lipinski definition) is 2. The Labute approximate surface area is 111 Å². The lowest BCUT2D eigenvalue weighted by Crippen LogP contribution is -2.40. The Kier molecular flexibility index (Phi) is 4.11. The van der Waals surface area contributed by atoms with Crippen molar-refractivity contribution in [2.75, 3.05) is 6.54 Å². The van der Waals surface area contributed by atoms with Crippen molar-refractivity contribution in [1.29, 1.82) is 0 Å². The van der Waals surface area contributed by atoms with Crippen LogP contribution in [0.15, 0.2) is 18.2 Å². The van der Waals surface area contributed by atoms with Crippen LogP contribution in [0.5, 0.6) is 0 Å². The van der Waals surface area contributed by atoms with Crippen molar-refractivity contribution in [1.82, 2.24) is 10.6 Å². The summed E-state index contributed by atoms with van der Waals surface area (Å²) in [4.78, 5) is 22.3. The Morgan fingerprint density at radius 1 is 1.58 bits per heavy atom. The van der Waals surface area contributed by atoms with Gasteiger partial charge in [-0.2, -0.15) is 0 Å². The summed E-state index contributed by atoms with van der Waals surface area (Å²) >= 11 is 0. The molecule has 1 saturated heterocycles. The molecule has 0 aliphatic carbocycles. The van der Waals surface area contributed by atoms with Crippen LogP contribution in [0.25, 0.3) is 0 Å². The molecule has 1 aliphatic heterocycles. The highest BCUT2D eigenvalue weighted by Gasteiger charge is 2.22. The van der Waals surface area contributed by atoms with Gasteiger partial charge in [-0.3, -0.25) is 14.9 Å². The number of hydrogen-bond acceptors (Lipinski definition) is 4. The van der Waals surface area contributed by atoms with Crippen LogP contribution in [0.2, 0.25) is 0 Å². The fourth-order valence-corrected chi connectivity index (χ4v) is 2.27. The number of nitrogens with one attached hydrogen (secondary N) is 2. The lowest BCUT2D eigenvalue weighted by molar-refractivity contribution is -0.385. The minimum absolute atomic E-state index is 0.0385.